The van der Waals surface area contributed by atoms with E-state index in [1.54, 1.807) is 0 Å². The highest BCUT2D eigenvalue weighted by molar-refractivity contribution is 5.83. The van der Waals surface area contributed by atoms with E-state index < -0.39 is 0 Å². The zero-order valence-electron chi connectivity index (χ0n) is 12.4. The Hall–Kier alpha value is -2.44. The van der Waals surface area contributed by atoms with Gasteiger partial charge in [0.2, 0.25) is 5.91 Å². The molecule has 1 fully saturated rings. The Morgan fingerprint density at radius 1 is 1.41 bits per heavy atom. The van der Waals surface area contributed by atoms with Crippen LogP contribution < -0.4 is 10.2 Å². The Labute approximate surface area is 128 Å². The number of hydrogen-bond donors (Lipinski definition) is 2. The van der Waals surface area contributed by atoms with Crippen LogP contribution in [0, 0.1) is 5.92 Å². The number of anilines is 1. The number of aromatic amines is 1. The molecule has 1 unspecified atom stereocenters. The Kier molecular flexibility index (Phi) is 3.06. The van der Waals surface area contributed by atoms with Crippen molar-refractivity contribution in [3.63, 3.8) is 0 Å². The third-order valence-corrected chi connectivity index (χ3v) is 4.61. The summed E-state index contributed by atoms with van der Waals surface area (Å²) in [4.78, 5) is 14.7. The highest BCUT2D eigenvalue weighted by Gasteiger charge is 2.47. The minimum atomic E-state index is -0.0237. The van der Waals surface area contributed by atoms with Crippen LogP contribution in [-0.4, -0.2) is 40.1 Å². The zero-order chi connectivity index (χ0) is 15.1. The quantitative estimate of drug-likeness (QED) is 0.883. The number of carbonyl (C=O) groups excluding carboxylic acids is 1. The molecule has 114 valence electrons. The molecule has 1 aromatic heterocycles. The fourth-order valence-corrected chi connectivity index (χ4v) is 3.25. The molecule has 1 aliphatic heterocycles. The maximum absolute atomic E-state index is 12.5. The maximum atomic E-state index is 12.5. The van der Waals surface area contributed by atoms with Crippen molar-refractivity contribution in [2.24, 2.45) is 5.92 Å². The molecule has 22 heavy (non-hydrogen) atoms. The van der Waals surface area contributed by atoms with Crippen molar-refractivity contribution in [2.75, 3.05) is 18.5 Å². The predicted octanol–water partition coefficient (Wildman–Crippen LogP) is 1.00. The molecule has 0 bridgehead atoms. The second-order valence-electron chi connectivity index (χ2n) is 6.05. The first-order valence-electron chi connectivity index (χ1n) is 7.58. The molecule has 0 spiro atoms. The summed E-state index contributed by atoms with van der Waals surface area (Å²) >= 11 is 0. The van der Waals surface area contributed by atoms with Crippen LogP contribution in [0.15, 0.2) is 24.3 Å². The number of benzene rings is 1. The number of amides is 1. The second kappa shape index (κ2) is 5.08. The average Bonchev–Trinajstić information content (AvgIpc) is 3.16. The number of aromatic nitrogens is 4. The van der Waals surface area contributed by atoms with Gasteiger partial charge in [-0.15, -0.1) is 10.2 Å². The summed E-state index contributed by atoms with van der Waals surface area (Å²) in [7, 11) is 2.09. The minimum Gasteiger partial charge on any atom is -0.374 e. The number of nitrogens with zero attached hydrogens (tertiary/aromatic N) is 4. The number of hydrogen-bond acceptors (Lipinski definition) is 5. The third kappa shape index (κ3) is 2.22. The molecule has 7 heteroatoms. The van der Waals surface area contributed by atoms with Gasteiger partial charge < -0.3 is 10.2 Å². The van der Waals surface area contributed by atoms with Gasteiger partial charge in [0.25, 0.3) is 0 Å². The van der Waals surface area contributed by atoms with Crippen molar-refractivity contribution < 1.29 is 4.79 Å². The van der Waals surface area contributed by atoms with E-state index in [0.29, 0.717) is 5.82 Å². The van der Waals surface area contributed by atoms with E-state index >= 15 is 0 Å². The fraction of sp³-hybridized carbons (Fsp3) is 0.467. The molecule has 1 aromatic carbocycles. The monoisotopic (exact) mass is 298 g/mol. The first-order valence-corrected chi connectivity index (χ1v) is 7.58. The number of tetrazole rings is 1. The first kappa shape index (κ1) is 13.2. The number of fused-ring (bicyclic) bond motifs is 1. The Balaban J connectivity index is 1.46. The SMILES string of the molecule is CN1CCC(NC(=O)[C@@H]2C[C@@H]2c2nn[nH]n2)c2ccccc21. The van der Waals surface area contributed by atoms with Gasteiger partial charge in [-0.3, -0.25) is 4.79 Å². The Morgan fingerprint density at radius 3 is 3.09 bits per heavy atom. The van der Waals surface area contributed by atoms with Crippen LogP contribution in [0.1, 0.15) is 36.2 Å². The minimum absolute atomic E-state index is 0.0237. The smallest absolute Gasteiger partial charge is 0.224 e. The van der Waals surface area contributed by atoms with Crippen LogP contribution in [0.2, 0.25) is 0 Å². The molecule has 0 saturated heterocycles. The molecule has 1 saturated carbocycles. The second-order valence-corrected chi connectivity index (χ2v) is 6.05. The molecule has 3 atom stereocenters. The van der Waals surface area contributed by atoms with Crippen molar-refractivity contribution in [1.29, 1.82) is 0 Å². The van der Waals surface area contributed by atoms with E-state index in [2.05, 4.69) is 50.0 Å². The van der Waals surface area contributed by atoms with Crippen molar-refractivity contribution in [2.45, 2.75) is 24.8 Å². The summed E-state index contributed by atoms with van der Waals surface area (Å²) in [5, 5.41) is 17.1. The summed E-state index contributed by atoms with van der Waals surface area (Å²) in [6, 6.07) is 8.35. The van der Waals surface area contributed by atoms with Crippen LogP contribution in [0.5, 0.6) is 0 Å². The number of nitrogens with one attached hydrogen (secondary N) is 2. The van der Waals surface area contributed by atoms with Crippen LogP contribution >= 0.6 is 0 Å². The van der Waals surface area contributed by atoms with E-state index in [4.69, 9.17) is 0 Å². The van der Waals surface area contributed by atoms with Gasteiger partial charge in [-0.1, -0.05) is 23.4 Å². The van der Waals surface area contributed by atoms with E-state index in [1.165, 1.54) is 11.3 Å². The van der Waals surface area contributed by atoms with Gasteiger partial charge in [0.1, 0.15) is 0 Å². The average molecular weight is 298 g/mol. The number of para-hydroxylation sites is 1. The highest BCUT2D eigenvalue weighted by atomic mass is 16.2. The van der Waals surface area contributed by atoms with E-state index in [-0.39, 0.29) is 23.8 Å². The largest absolute Gasteiger partial charge is 0.374 e. The lowest BCUT2D eigenvalue weighted by Gasteiger charge is -2.33. The lowest BCUT2D eigenvalue weighted by Crippen LogP contribution is -2.37. The van der Waals surface area contributed by atoms with Gasteiger partial charge in [-0.25, -0.2) is 0 Å². The van der Waals surface area contributed by atoms with Crippen LogP contribution in [0.4, 0.5) is 5.69 Å². The molecule has 2 aromatic rings. The molecular weight excluding hydrogens is 280 g/mol. The maximum Gasteiger partial charge on any atom is 0.224 e. The molecule has 4 rings (SSSR count). The van der Waals surface area contributed by atoms with E-state index in [9.17, 15) is 4.79 Å². The summed E-state index contributed by atoms with van der Waals surface area (Å²) in [5.41, 5.74) is 2.39. The summed E-state index contributed by atoms with van der Waals surface area (Å²) in [6.45, 7) is 0.945. The first-order chi connectivity index (χ1) is 10.7. The van der Waals surface area contributed by atoms with Crippen molar-refractivity contribution in [1.82, 2.24) is 25.9 Å². The van der Waals surface area contributed by atoms with Gasteiger partial charge in [-0.2, -0.15) is 5.21 Å². The number of H-pyrrole nitrogens is 1. The fourth-order valence-electron chi connectivity index (χ4n) is 3.25. The van der Waals surface area contributed by atoms with Crippen LogP contribution in [0.25, 0.3) is 0 Å². The Morgan fingerprint density at radius 2 is 2.27 bits per heavy atom. The van der Waals surface area contributed by atoms with Gasteiger partial charge in [-0.05, 0) is 24.5 Å². The molecule has 1 aliphatic carbocycles. The normalized spacial score (nSPS) is 26.4. The summed E-state index contributed by atoms with van der Waals surface area (Å²) in [6.07, 6.45) is 1.73. The summed E-state index contributed by atoms with van der Waals surface area (Å²) < 4.78 is 0. The Bertz CT molecular complexity index is 685. The van der Waals surface area contributed by atoms with Crippen molar-refractivity contribution in [3.8, 4) is 0 Å². The standard InChI is InChI=1S/C15H18N6O/c1-21-7-6-12(9-4-2-3-5-13(9)21)16-15(22)11-8-10(11)14-17-19-20-18-14/h2-5,10-12H,6-8H2,1H3,(H,16,22)(H,17,18,19,20)/t10-,11+,12?/m0/s1. The van der Waals surface area contributed by atoms with Gasteiger partial charge in [0.05, 0.1) is 6.04 Å². The molecule has 2 aliphatic rings. The molecule has 2 N–H and O–H groups in total. The molecule has 7 nitrogen and oxygen atoms in total. The molecule has 2 heterocycles. The number of carbonyl (C=O) groups is 1. The zero-order valence-corrected chi connectivity index (χ0v) is 12.4. The highest BCUT2D eigenvalue weighted by Crippen LogP contribution is 2.46. The van der Waals surface area contributed by atoms with Crippen molar-refractivity contribution >= 4 is 11.6 Å². The predicted molar refractivity (Wildman–Crippen MR) is 80.2 cm³/mol. The lowest BCUT2D eigenvalue weighted by atomic mass is 9.96. The molecular formula is C15H18N6O. The van der Waals surface area contributed by atoms with Gasteiger partial charge in [0, 0.05) is 31.1 Å². The van der Waals surface area contributed by atoms with E-state index in [0.717, 1.165) is 19.4 Å². The van der Waals surface area contributed by atoms with Crippen LogP contribution in [0.3, 0.4) is 0 Å². The molecule has 1 amide bonds. The van der Waals surface area contributed by atoms with Gasteiger partial charge >= 0.3 is 0 Å². The van der Waals surface area contributed by atoms with Gasteiger partial charge in [0.15, 0.2) is 5.82 Å². The third-order valence-electron chi connectivity index (χ3n) is 4.61. The van der Waals surface area contributed by atoms with Crippen molar-refractivity contribution in [3.05, 3.63) is 35.7 Å². The van der Waals surface area contributed by atoms with E-state index in [1.807, 2.05) is 12.1 Å². The van der Waals surface area contributed by atoms with Crippen LogP contribution in [-0.2, 0) is 4.79 Å². The molecule has 0 radical (unpaired) electrons. The lowest BCUT2D eigenvalue weighted by molar-refractivity contribution is -0.123. The topological polar surface area (TPSA) is 86.8 Å². The summed E-state index contributed by atoms with van der Waals surface area (Å²) in [5.74, 6) is 0.827. The number of rotatable bonds is 3.